The largest absolute Gasteiger partial charge is 0.472 e. The molecule has 2 aromatic carbocycles. The van der Waals surface area contributed by atoms with E-state index in [1.54, 1.807) is 6.92 Å². The number of nitrogens with zero attached hydrogens (tertiary/aromatic N) is 3. The maximum atomic E-state index is 14.9. The molecular formula is C20H15ClF2N4O2. The number of carbonyl (C=O) groups excluding carboxylic acids is 1. The molecule has 148 valence electrons. The van der Waals surface area contributed by atoms with Crippen LogP contribution in [0.3, 0.4) is 0 Å². The quantitative estimate of drug-likeness (QED) is 0.680. The number of hydrogen-bond acceptors (Lipinski definition) is 5. The molecule has 0 unspecified atom stereocenters. The highest BCUT2D eigenvalue weighted by Gasteiger charge is 2.32. The van der Waals surface area contributed by atoms with E-state index in [0.717, 1.165) is 6.07 Å². The van der Waals surface area contributed by atoms with Crippen LogP contribution in [0.1, 0.15) is 17.3 Å². The predicted molar refractivity (Wildman–Crippen MR) is 105 cm³/mol. The number of anilines is 2. The molecule has 1 atom stereocenters. The molecule has 4 rings (SSSR count). The lowest BCUT2D eigenvalue weighted by Crippen LogP contribution is -2.36. The molecule has 0 aliphatic carbocycles. The number of benzene rings is 2. The van der Waals surface area contributed by atoms with Crippen LogP contribution in [0.5, 0.6) is 5.88 Å². The summed E-state index contributed by atoms with van der Waals surface area (Å²) in [7, 11) is 0. The average molecular weight is 417 g/mol. The summed E-state index contributed by atoms with van der Waals surface area (Å²) in [5.74, 6) is -1.84. The second-order valence-corrected chi connectivity index (χ2v) is 6.95. The molecule has 29 heavy (non-hydrogen) atoms. The van der Waals surface area contributed by atoms with Crippen molar-refractivity contribution >= 4 is 29.0 Å². The Balaban J connectivity index is 1.78. The topological polar surface area (TPSA) is 81.3 Å². The van der Waals surface area contributed by atoms with E-state index in [-0.39, 0.29) is 45.6 Å². The van der Waals surface area contributed by atoms with Crippen LogP contribution in [0, 0.1) is 11.6 Å². The molecule has 1 aliphatic heterocycles. The third-order valence-electron chi connectivity index (χ3n) is 4.55. The molecule has 0 radical (unpaired) electrons. The Bertz CT molecular complexity index is 1110. The Hall–Kier alpha value is -3.26. The van der Waals surface area contributed by atoms with Crippen molar-refractivity contribution in [3.8, 4) is 17.0 Å². The lowest BCUT2D eigenvalue weighted by atomic mass is 10.0. The number of hydrogen-bond donors (Lipinski definition) is 1. The summed E-state index contributed by atoms with van der Waals surface area (Å²) >= 11 is 6.05. The number of nitrogen functional groups attached to an aromatic ring is 1. The molecule has 1 aromatic heterocycles. The van der Waals surface area contributed by atoms with Crippen molar-refractivity contribution in [2.24, 2.45) is 0 Å². The number of ether oxygens (including phenoxy) is 1. The summed E-state index contributed by atoms with van der Waals surface area (Å²) < 4.78 is 34.8. The van der Waals surface area contributed by atoms with Crippen molar-refractivity contribution in [3.05, 3.63) is 64.9 Å². The van der Waals surface area contributed by atoms with Crippen LogP contribution in [0.2, 0.25) is 5.02 Å². The fraction of sp³-hybridized carbons (Fsp3) is 0.150. The zero-order valence-corrected chi connectivity index (χ0v) is 16.0. The Morgan fingerprint density at radius 2 is 1.97 bits per heavy atom. The number of nitrogens with two attached hydrogens (primary N) is 1. The van der Waals surface area contributed by atoms with E-state index in [1.165, 1.54) is 41.6 Å². The van der Waals surface area contributed by atoms with E-state index in [2.05, 4.69) is 9.97 Å². The second kappa shape index (κ2) is 7.29. The molecule has 3 aromatic rings. The maximum Gasteiger partial charge on any atom is 0.267 e. The average Bonchev–Trinajstić information content (AvgIpc) is 2.79. The molecule has 0 fully saturated rings. The highest BCUT2D eigenvalue weighted by atomic mass is 35.5. The summed E-state index contributed by atoms with van der Waals surface area (Å²) in [5, 5.41) is 0.0865. The van der Waals surface area contributed by atoms with E-state index >= 15 is 0 Å². The summed E-state index contributed by atoms with van der Waals surface area (Å²) in [4.78, 5) is 22.2. The first-order chi connectivity index (χ1) is 13.9. The fourth-order valence-electron chi connectivity index (χ4n) is 3.23. The van der Waals surface area contributed by atoms with Gasteiger partial charge in [0.15, 0.2) is 0 Å². The van der Waals surface area contributed by atoms with E-state index in [1.807, 2.05) is 0 Å². The van der Waals surface area contributed by atoms with Crippen LogP contribution < -0.4 is 15.4 Å². The molecule has 6 nitrogen and oxygen atoms in total. The minimum Gasteiger partial charge on any atom is -0.472 e. The molecular weight excluding hydrogens is 402 g/mol. The fourth-order valence-corrected chi connectivity index (χ4v) is 3.49. The molecule has 0 spiro atoms. The molecule has 0 saturated heterocycles. The monoisotopic (exact) mass is 416 g/mol. The number of fused-ring (bicyclic) bond motifs is 1. The van der Waals surface area contributed by atoms with Crippen LogP contribution in [0.25, 0.3) is 11.1 Å². The van der Waals surface area contributed by atoms with Crippen molar-refractivity contribution in [1.29, 1.82) is 0 Å². The molecule has 1 amide bonds. The van der Waals surface area contributed by atoms with Crippen LogP contribution in [-0.2, 0) is 0 Å². The lowest BCUT2D eigenvalue weighted by molar-refractivity contribution is 0.0988. The number of carbonyl (C=O) groups is 1. The molecule has 9 heteroatoms. The van der Waals surface area contributed by atoms with Crippen molar-refractivity contribution in [1.82, 2.24) is 9.97 Å². The second-order valence-electron chi connectivity index (χ2n) is 6.54. The molecule has 2 heterocycles. The first-order valence-electron chi connectivity index (χ1n) is 8.69. The zero-order valence-electron chi connectivity index (χ0n) is 15.2. The number of halogens is 3. The van der Waals surface area contributed by atoms with Gasteiger partial charge in [-0.3, -0.25) is 4.79 Å². The van der Waals surface area contributed by atoms with Gasteiger partial charge in [-0.25, -0.2) is 18.7 Å². The van der Waals surface area contributed by atoms with Gasteiger partial charge in [0.2, 0.25) is 5.88 Å². The van der Waals surface area contributed by atoms with Gasteiger partial charge in [0.05, 0.1) is 11.6 Å². The van der Waals surface area contributed by atoms with Gasteiger partial charge in [-0.2, -0.15) is 0 Å². The van der Waals surface area contributed by atoms with Gasteiger partial charge >= 0.3 is 0 Å². The van der Waals surface area contributed by atoms with Crippen LogP contribution in [0.15, 0.2) is 42.7 Å². The number of amides is 1. The van der Waals surface area contributed by atoms with Crippen molar-refractivity contribution < 1.29 is 18.3 Å². The van der Waals surface area contributed by atoms with Crippen LogP contribution >= 0.6 is 11.6 Å². The third kappa shape index (κ3) is 3.36. The van der Waals surface area contributed by atoms with Gasteiger partial charge < -0.3 is 15.4 Å². The minimum atomic E-state index is -0.724. The lowest BCUT2D eigenvalue weighted by Gasteiger charge is -2.23. The van der Waals surface area contributed by atoms with E-state index in [0.29, 0.717) is 0 Å². The van der Waals surface area contributed by atoms with Gasteiger partial charge in [0.1, 0.15) is 35.4 Å². The third-order valence-corrected chi connectivity index (χ3v) is 4.86. The summed E-state index contributed by atoms with van der Waals surface area (Å²) in [6.45, 7) is 1.88. The van der Waals surface area contributed by atoms with Crippen molar-refractivity contribution in [3.63, 3.8) is 0 Å². The first kappa shape index (κ1) is 19.1. The van der Waals surface area contributed by atoms with Crippen LogP contribution in [-0.4, -0.2) is 28.5 Å². The highest BCUT2D eigenvalue weighted by Crippen LogP contribution is 2.35. The zero-order chi connectivity index (χ0) is 20.7. The summed E-state index contributed by atoms with van der Waals surface area (Å²) in [6.07, 6.45) is 0.773. The van der Waals surface area contributed by atoms with E-state index in [9.17, 15) is 13.6 Å². The van der Waals surface area contributed by atoms with Crippen molar-refractivity contribution in [2.45, 2.75) is 13.0 Å². The standard InChI is InChI=1S/C20H15ClF2N4O2/c1-10-8-27(20(28)17-18(24)25-9-26-19(17)29-10)11-5-6-12(15(23)7-11)16-13(21)3-2-4-14(16)22/h2-7,9-10H,8H2,1H3,(H2,24,25,26)/t10-/m1/s1. The predicted octanol–water partition coefficient (Wildman–Crippen LogP) is 4.09. The Morgan fingerprint density at radius 3 is 2.69 bits per heavy atom. The number of rotatable bonds is 2. The maximum absolute atomic E-state index is 14.9. The van der Waals surface area contributed by atoms with Crippen molar-refractivity contribution in [2.75, 3.05) is 17.2 Å². The molecule has 0 bridgehead atoms. The summed E-state index contributed by atoms with van der Waals surface area (Å²) in [5.41, 5.74) is 6.06. The normalized spacial score (nSPS) is 16.2. The number of aromatic nitrogens is 2. The molecule has 0 saturated carbocycles. The van der Waals surface area contributed by atoms with Gasteiger partial charge in [-0.15, -0.1) is 0 Å². The van der Waals surface area contributed by atoms with Gasteiger partial charge in [0, 0.05) is 16.8 Å². The smallest absolute Gasteiger partial charge is 0.267 e. The van der Waals surface area contributed by atoms with Gasteiger partial charge in [-0.1, -0.05) is 17.7 Å². The van der Waals surface area contributed by atoms with Crippen LogP contribution in [0.4, 0.5) is 20.3 Å². The Morgan fingerprint density at radius 1 is 1.17 bits per heavy atom. The summed E-state index contributed by atoms with van der Waals surface area (Å²) in [6, 6.07) is 8.15. The molecule has 1 aliphatic rings. The highest BCUT2D eigenvalue weighted by molar-refractivity contribution is 6.33. The molecule has 2 N–H and O–H groups in total. The SMILES string of the molecule is C[C@@H]1CN(c2ccc(-c3c(F)cccc3Cl)c(F)c2)C(=O)c2c(N)ncnc2O1. The Labute approximate surface area is 169 Å². The van der Waals surface area contributed by atoms with E-state index < -0.39 is 23.6 Å². The van der Waals surface area contributed by atoms with Gasteiger partial charge in [0.25, 0.3) is 5.91 Å². The van der Waals surface area contributed by atoms with Gasteiger partial charge in [-0.05, 0) is 37.3 Å². The first-order valence-corrected chi connectivity index (χ1v) is 9.07. The Kier molecular flexibility index (Phi) is 4.79. The van der Waals surface area contributed by atoms with E-state index in [4.69, 9.17) is 22.1 Å². The minimum absolute atomic E-state index is 0.00772.